The van der Waals surface area contributed by atoms with Crippen LogP contribution in [0.5, 0.6) is 0 Å². The first-order chi connectivity index (χ1) is 7.72. The number of amides is 1. The second-order valence-electron chi connectivity index (χ2n) is 5.34. The molecule has 0 N–H and O–H groups in total. The number of alkyl halides is 1. The van der Waals surface area contributed by atoms with E-state index in [1.165, 1.54) is 0 Å². The first-order valence-corrected chi connectivity index (χ1v) is 6.81. The molecule has 1 heterocycles. The molecule has 5 heteroatoms. The van der Waals surface area contributed by atoms with Gasteiger partial charge in [-0.15, -0.1) is 0 Å². The van der Waals surface area contributed by atoms with E-state index in [1.54, 1.807) is 11.8 Å². The summed E-state index contributed by atoms with van der Waals surface area (Å²) in [6.07, 6.45) is 1.55. The third-order valence-electron chi connectivity index (χ3n) is 2.56. The topological polar surface area (TPSA) is 46.6 Å². The zero-order valence-electron chi connectivity index (χ0n) is 10.8. The lowest BCUT2D eigenvalue weighted by Crippen LogP contribution is -2.45. The molecule has 0 saturated carbocycles. The van der Waals surface area contributed by atoms with E-state index in [2.05, 4.69) is 15.9 Å². The number of carbonyl (C=O) groups excluding carboxylic acids is 2. The summed E-state index contributed by atoms with van der Waals surface area (Å²) in [6.45, 7) is 7.91. The van der Waals surface area contributed by atoms with Crippen LogP contribution in [0.15, 0.2) is 0 Å². The quantitative estimate of drug-likeness (QED) is 0.580. The van der Waals surface area contributed by atoms with Crippen LogP contribution in [-0.4, -0.2) is 39.8 Å². The smallest absolute Gasteiger partial charge is 0.329 e. The number of halogens is 1. The molecule has 98 valence electrons. The Balaban J connectivity index is 2.70. The van der Waals surface area contributed by atoms with Gasteiger partial charge in [-0.05, 0) is 40.5 Å². The minimum Gasteiger partial charge on any atom is -0.458 e. The Morgan fingerprint density at radius 3 is 2.47 bits per heavy atom. The highest BCUT2D eigenvalue weighted by molar-refractivity contribution is 9.10. The highest BCUT2D eigenvalue weighted by atomic mass is 79.9. The zero-order valence-corrected chi connectivity index (χ0v) is 12.4. The Hall–Kier alpha value is -0.580. The maximum atomic E-state index is 12.0. The minimum atomic E-state index is -0.506. The van der Waals surface area contributed by atoms with Crippen LogP contribution in [0, 0.1) is 0 Å². The van der Waals surface area contributed by atoms with Crippen LogP contribution in [0.1, 0.15) is 40.5 Å². The fraction of sp³-hybridized carbons (Fsp3) is 0.833. The molecule has 0 bridgehead atoms. The molecule has 0 aromatic carbocycles. The fourth-order valence-electron chi connectivity index (χ4n) is 1.87. The number of nitrogens with zero attached hydrogens (tertiary/aromatic N) is 1. The number of hydrogen-bond acceptors (Lipinski definition) is 3. The first kappa shape index (κ1) is 14.5. The van der Waals surface area contributed by atoms with E-state index in [0.717, 1.165) is 6.42 Å². The van der Waals surface area contributed by atoms with Gasteiger partial charge in [-0.25, -0.2) is 4.79 Å². The minimum absolute atomic E-state index is 0.0432. The standard InChI is InChI=1S/C12H20BrNO3/c1-8(13)10(15)14-7-5-6-9(14)11(16)17-12(2,3)4/h8-9H,5-7H2,1-4H3. The molecule has 4 nitrogen and oxygen atoms in total. The molecule has 0 aromatic heterocycles. The Bertz CT molecular complexity index is 309. The van der Waals surface area contributed by atoms with Gasteiger partial charge >= 0.3 is 5.97 Å². The predicted octanol–water partition coefficient (Wildman–Crippen LogP) is 2.10. The molecule has 1 amide bonds. The average Bonchev–Trinajstić information content (AvgIpc) is 2.61. The van der Waals surface area contributed by atoms with Crippen molar-refractivity contribution in [3.63, 3.8) is 0 Å². The Kier molecular flexibility index (Phi) is 4.58. The molecule has 1 aliphatic rings. The summed E-state index contributed by atoms with van der Waals surface area (Å²) in [5, 5.41) is 0. The summed E-state index contributed by atoms with van der Waals surface area (Å²) >= 11 is 3.24. The average molecular weight is 306 g/mol. The van der Waals surface area contributed by atoms with Crippen LogP contribution in [0.2, 0.25) is 0 Å². The largest absolute Gasteiger partial charge is 0.458 e. The van der Waals surface area contributed by atoms with Gasteiger partial charge in [-0.1, -0.05) is 15.9 Å². The zero-order chi connectivity index (χ0) is 13.2. The molecule has 1 aliphatic heterocycles. The second kappa shape index (κ2) is 5.38. The van der Waals surface area contributed by atoms with Crippen molar-refractivity contribution >= 4 is 27.8 Å². The van der Waals surface area contributed by atoms with E-state index in [0.29, 0.717) is 13.0 Å². The molecule has 17 heavy (non-hydrogen) atoms. The van der Waals surface area contributed by atoms with Gasteiger partial charge in [0, 0.05) is 6.54 Å². The van der Waals surface area contributed by atoms with Crippen molar-refractivity contribution in [1.82, 2.24) is 4.90 Å². The highest BCUT2D eigenvalue weighted by Gasteiger charge is 2.37. The summed E-state index contributed by atoms with van der Waals surface area (Å²) in [5.41, 5.74) is -0.506. The fourth-order valence-corrected chi connectivity index (χ4v) is 2.14. The van der Waals surface area contributed by atoms with Crippen molar-refractivity contribution < 1.29 is 14.3 Å². The van der Waals surface area contributed by atoms with Crippen molar-refractivity contribution in [2.45, 2.75) is 57.0 Å². The van der Waals surface area contributed by atoms with Gasteiger partial charge in [-0.3, -0.25) is 4.79 Å². The van der Waals surface area contributed by atoms with Gasteiger partial charge in [0.1, 0.15) is 11.6 Å². The number of likely N-dealkylation sites (tertiary alicyclic amines) is 1. The molecule has 0 radical (unpaired) electrons. The van der Waals surface area contributed by atoms with E-state index in [1.807, 2.05) is 20.8 Å². The van der Waals surface area contributed by atoms with Crippen LogP contribution in [0.3, 0.4) is 0 Å². The normalized spacial score (nSPS) is 22.4. The lowest BCUT2D eigenvalue weighted by Gasteiger charge is -2.28. The van der Waals surface area contributed by atoms with E-state index in [4.69, 9.17) is 4.74 Å². The number of esters is 1. The van der Waals surface area contributed by atoms with Crippen LogP contribution >= 0.6 is 15.9 Å². The summed E-state index contributed by atoms with van der Waals surface area (Å²) in [4.78, 5) is 25.2. The monoisotopic (exact) mass is 305 g/mol. The van der Waals surface area contributed by atoms with Crippen LogP contribution in [0.4, 0.5) is 0 Å². The van der Waals surface area contributed by atoms with Gasteiger partial charge in [0.05, 0.1) is 4.83 Å². The number of hydrogen-bond donors (Lipinski definition) is 0. The van der Waals surface area contributed by atoms with Gasteiger partial charge in [-0.2, -0.15) is 0 Å². The lowest BCUT2D eigenvalue weighted by atomic mass is 10.1. The summed E-state index contributed by atoms with van der Waals surface area (Å²) in [5.74, 6) is -0.338. The van der Waals surface area contributed by atoms with E-state index in [9.17, 15) is 9.59 Å². The molecular formula is C12H20BrNO3. The van der Waals surface area contributed by atoms with E-state index < -0.39 is 11.6 Å². The van der Waals surface area contributed by atoms with Gasteiger partial charge < -0.3 is 9.64 Å². The molecule has 0 aliphatic carbocycles. The number of ether oxygens (including phenoxy) is 1. The maximum absolute atomic E-state index is 12.0. The second-order valence-corrected chi connectivity index (χ2v) is 6.71. The predicted molar refractivity (Wildman–Crippen MR) is 69.0 cm³/mol. The van der Waals surface area contributed by atoms with Gasteiger partial charge in [0.25, 0.3) is 0 Å². The first-order valence-electron chi connectivity index (χ1n) is 5.90. The molecule has 2 unspecified atom stereocenters. The van der Waals surface area contributed by atoms with Crippen LogP contribution in [0.25, 0.3) is 0 Å². The molecule has 2 atom stereocenters. The number of rotatable bonds is 2. The molecule has 1 rings (SSSR count). The Morgan fingerprint density at radius 1 is 1.41 bits per heavy atom. The van der Waals surface area contributed by atoms with Gasteiger partial charge in [0.15, 0.2) is 0 Å². The summed E-state index contributed by atoms with van der Waals surface area (Å²) in [6, 6.07) is -0.415. The SMILES string of the molecule is CC(Br)C(=O)N1CCCC1C(=O)OC(C)(C)C. The maximum Gasteiger partial charge on any atom is 0.329 e. The summed E-state index contributed by atoms with van der Waals surface area (Å²) < 4.78 is 5.33. The number of carbonyl (C=O) groups is 2. The highest BCUT2D eigenvalue weighted by Crippen LogP contribution is 2.23. The van der Waals surface area contributed by atoms with Crippen molar-refractivity contribution in [2.24, 2.45) is 0 Å². The van der Waals surface area contributed by atoms with Crippen molar-refractivity contribution in [2.75, 3.05) is 6.54 Å². The third kappa shape index (κ3) is 3.98. The van der Waals surface area contributed by atoms with Crippen molar-refractivity contribution in [3.05, 3.63) is 0 Å². The van der Waals surface area contributed by atoms with Crippen molar-refractivity contribution in [3.8, 4) is 0 Å². The molecule has 0 spiro atoms. The van der Waals surface area contributed by atoms with Gasteiger partial charge in [0.2, 0.25) is 5.91 Å². The summed E-state index contributed by atoms with van der Waals surface area (Å²) in [7, 11) is 0. The van der Waals surface area contributed by atoms with E-state index >= 15 is 0 Å². The molecular weight excluding hydrogens is 286 g/mol. The Morgan fingerprint density at radius 2 is 2.00 bits per heavy atom. The molecule has 0 aromatic rings. The Labute approximate surface area is 111 Å². The van der Waals surface area contributed by atoms with Crippen LogP contribution in [-0.2, 0) is 14.3 Å². The molecule has 1 fully saturated rings. The van der Waals surface area contributed by atoms with Crippen LogP contribution < -0.4 is 0 Å². The van der Waals surface area contributed by atoms with E-state index in [-0.39, 0.29) is 16.7 Å². The molecule has 1 saturated heterocycles. The van der Waals surface area contributed by atoms with Crippen molar-refractivity contribution in [1.29, 1.82) is 0 Å². The lowest BCUT2D eigenvalue weighted by molar-refractivity contribution is -0.163. The third-order valence-corrected chi connectivity index (χ3v) is 2.95.